The third-order valence-electron chi connectivity index (χ3n) is 7.31. The number of nitrogens with one attached hydrogen (secondary N) is 1. The van der Waals surface area contributed by atoms with Crippen molar-refractivity contribution in [2.24, 2.45) is 0 Å². The predicted molar refractivity (Wildman–Crippen MR) is 141 cm³/mol. The number of aryl methyl sites for hydroxylation is 1. The Bertz CT molecular complexity index is 1520. The van der Waals surface area contributed by atoms with E-state index in [1.165, 1.54) is 4.90 Å². The number of imidazole rings is 1. The van der Waals surface area contributed by atoms with Crippen LogP contribution in [0.2, 0.25) is 0 Å². The highest BCUT2D eigenvalue weighted by atomic mass is 16.5. The summed E-state index contributed by atoms with van der Waals surface area (Å²) in [6, 6.07) is 9.54. The fourth-order valence-electron chi connectivity index (χ4n) is 4.84. The lowest BCUT2D eigenvalue weighted by Gasteiger charge is -2.34. The molecule has 0 unspecified atom stereocenters. The number of morpholine rings is 1. The standard InChI is InChI=1S/C27H29N7O5/c1-17-2-4-19(24-30-26(39-31-24)20-15-33(16-20)27(36)37)12-21(17)29-25(35)22-13-28-23-5-3-18(14-34(22)23)6-7-32-8-10-38-11-9-32/h2-5,12-14,20H,6-11,15-16H2,1H3,(H,29,35)(H,36,37). The lowest BCUT2D eigenvalue weighted by molar-refractivity contribution is 0.0384. The van der Waals surface area contributed by atoms with Crippen molar-refractivity contribution in [1.29, 1.82) is 0 Å². The molecule has 12 nitrogen and oxygen atoms in total. The minimum Gasteiger partial charge on any atom is -0.465 e. The summed E-state index contributed by atoms with van der Waals surface area (Å²) in [6.07, 6.45) is 3.48. The predicted octanol–water partition coefficient (Wildman–Crippen LogP) is 2.90. The molecule has 1 aromatic carbocycles. The summed E-state index contributed by atoms with van der Waals surface area (Å²) in [4.78, 5) is 36.9. The van der Waals surface area contributed by atoms with Gasteiger partial charge in [-0.05, 0) is 36.6 Å². The van der Waals surface area contributed by atoms with Crippen molar-refractivity contribution in [2.75, 3.05) is 51.3 Å². The summed E-state index contributed by atoms with van der Waals surface area (Å²) < 4.78 is 12.6. The molecule has 2 aliphatic rings. The Labute approximate surface area is 224 Å². The van der Waals surface area contributed by atoms with Crippen LogP contribution < -0.4 is 5.32 Å². The van der Waals surface area contributed by atoms with Gasteiger partial charge < -0.3 is 24.6 Å². The van der Waals surface area contributed by atoms with Gasteiger partial charge in [0, 0.05) is 50.2 Å². The van der Waals surface area contributed by atoms with Gasteiger partial charge in [-0.2, -0.15) is 4.98 Å². The number of carbonyl (C=O) groups is 2. The Balaban J connectivity index is 1.16. The first-order chi connectivity index (χ1) is 18.9. The summed E-state index contributed by atoms with van der Waals surface area (Å²) in [5, 5.41) is 16.1. The molecule has 202 valence electrons. The number of hydrogen-bond donors (Lipinski definition) is 2. The van der Waals surface area contributed by atoms with Crippen molar-refractivity contribution in [1.82, 2.24) is 29.3 Å². The maximum absolute atomic E-state index is 13.3. The fourth-order valence-corrected chi connectivity index (χ4v) is 4.84. The summed E-state index contributed by atoms with van der Waals surface area (Å²) >= 11 is 0. The van der Waals surface area contributed by atoms with E-state index in [4.69, 9.17) is 14.4 Å². The second-order valence-electron chi connectivity index (χ2n) is 9.94. The highest BCUT2D eigenvalue weighted by Crippen LogP contribution is 2.29. The minimum absolute atomic E-state index is 0.110. The first-order valence-electron chi connectivity index (χ1n) is 12.9. The number of ether oxygens (including phenoxy) is 1. The number of benzene rings is 1. The van der Waals surface area contributed by atoms with Gasteiger partial charge in [-0.25, -0.2) is 9.78 Å². The molecule has 6 rings (SSSR count). The van der Waals surface area contributed by atoms with E-state index >= 15 is 0 Å². The SMILES string of the molecule is Cc1ccc(-c2noc(C3CN(C(=O)O)C3)n2)cc1NC(=O)c1cnc2ccc(CCN3CCOCC3)cn12. The largest absolute Gasteiger partial charge is 0.465 e. The second-order valence-corrected chi connectivity index (χ2v) is 9.94. The van der Waals surface area contributed by atoms with Gasteiger partial charge in [0.05, 0.1) is 25.3 Å². The molecule has 12 heteroatoms. The van der Waals surface area contributed by atoms with Gasteiger partial charge in [-0.15, -0.1) is 0 Å². The first-order valence-corrected chi connectivity index (χ1v) is 12.9. The van der Waals surface area contributed by atoms with E-state index in [-0.39, 0.29) is 11.8 Å². The highest BCUT2D eigenvalue weighted by Gasteiger charge is 2.35. The molecule has 0 atom stereocenters. The first kappa shape index (κ1) is 25.0. The van der Waals surface area contributed by atoms with Crippen LogP contribution in [-0.4, -0.2) is 92.4 Å². The number of amides is 2. The van der Waals surface area contributed by atoms with Crippen molar-refractivity contribution in [3.05, 3.63) is 65.4 Å². The van der Waals surface area contributed by atoms with Crippen LogP contribution in [0.25, 0.3) is 17.0 Å². The third kappa shape index (κ3) is 5.20. The van der Waals surface area contributed by atoms with Gasteiger partial charge in [0.2, 0.25) is 11.7 Å². The van der Waals surface area contributed by atoms with E-state index in [1.54, 1.807) is 6.20 Å². The van der Waals surface area contributed by atoms with Crippen molar-refractivity contribution >= 4 is 23.3 Å². The number of aromatic nitrogens is 4. The molecule has 39 heavy (non-hydrogen) atoms. The Morgan fingerprint density at radius 1 is 1.15 bits per heavy atom. The third-order valence-corrected chi connectivity index (χ3v) is 7.31. The molecular weight excluding hydrogens is 502 g/mol. The number of anilines is 1. The van der Waals surface area contributed by atoms with Gasteiger partial charge in [-0.3, -0.25) is 14.1 Å². The number of likely N-dealkylation sites (tertiary alicyclic amines) is 1. The fraction of sp³-hybridized carbons (Fsp3) is 0.370. The molecule has 0 saturated carbocycles. The van der Waals surface area contributed by atoms with Crippen LogP contribution in [0.15, 0.2) is 47.2 Å². The highest BCUT2D eigenvalue weighted by molar-refractivity contribution is 6.04. The molecule has 3 aromatic heterocycles. The van der Waals surface area contributed by atoms with E-state index < -0.39 is 6.09 Å². The van der Waals surface area contributed by atoms with Gasteiger partial charge in [0.25, 0.3) is 5.91 Å². The molecular formula is C27H29N7O5. The molecule has 0 aliphatic carbocycles. The second kappa shape index (κ2) is 10.5. The molecule has 0 spiro atoms. The van der Waals surface area contributed by atoms with Crippen molar-refractivity contribution < 1.29 is 24.0 Å². The van der Waals surface area contributed by atoms with Crippen LogP contribution in [0.3, 0.4) is 0 Å². The lowest BCUT2D eigenvalue weighted by Crippen LogP contribution is -2.47. The molecule has 0 bridgehead atoms. The topological polar surface area (TPSA) is 138 Å². The van der Waals surface area contributed by atoms with E-state index in [0.29, 0.717) is 47.4 Å². The smallest absolute Gasteiger partial charge is 0.407 e. The Morgan fingerprint density at radius 2 is 1.97 bits per heavy atom. The van der Waals surface area contributed by atoms with E-state index in [1.807, 2.05) is 41.8 Å². The molecule has 4 aromatic rings. The van der Waals surface area contributed by atoms with Gasteiger partial charge >= 0.3 is 6.09 Å². The summed E-state index contributed by atoms with van der Waals surface area (Å²) in [6.45, 7) is 6.93. The van der Waals surface area contributed by atoms with E-state index in [2.05, 4.69) is 31.4 Å². The number of nitrogens with zero attached hydrogens (tertiary/aromatic N) is 6. The van der Waals surface area contributed by atoms with Crippen molar-refractivity contribution in [3.8, 4) is 11.4 Å². The average molecular weight is 532 g/mol. The summed E-state index contributed by atoms with van der Waals surface area (Å²) in [7, 11) is 0. The number of carbonyl (C=O) groups excluding carboxylic acids is 1. The maximum atomic E-state index is 13.3. The number of fused-ring (bicyclic) bond motifs is 1. The molecule has 2 saturated heterocycles. The van der Waals surface area contributed by atoms with E-state index in [9.17, 15) is 9.59 Å². The zero-order chi connectivity index (χ0) is 26.9. The maximum Gasteiger partial charge on any atom is 0.407 e. The number of carboxylic acid groups (broad SMARTS) is 1. The molecule has 2 N–H and O–H groups in total. The lowest BCUT2D eigenvalue weighted by atomic mass is 10.0. The molecule has 2 aliphatic heterocycles. The molecule has 5 heterocycles. The molecule has 2 fully saturated rings. The van der Waals surface area contributed by atoms with Crippen LogP contribution in [0.4, 0.5) is 10.5 Å². The van der Waals surface area contributed by atoms with Crippen molar-refractivity contribution in [3.63, 3.8) is 0 Å². The molecule has 0 radical (unpaired) electrons. The number of hydrogen-bond acceptors (Lipinski definition) is 8. The summed E-state index contributed by atoms with van der Waals surface area (Å²) in [5.41, 5.74) is 4.47. The van der Waals surface area contributed by atoms with E-state index in [0.717, 1.165) is 50.4 Å². The Morgan fingerprint density at radius 3 is 2.77 bits per heavy atom. The zero-order valence-electron chi connectivity index (χ0n) is 21.5. The van der Waals surface area contributed by atoms with Crippen LogP contribution in [0.1, 0.15) is 33.4 Å². The number of rotatable bonds is 7. The average Bonchev–Trinajstić information content (AvgIpc) is 3.56. The zero-order valence-corrected chi connectivity index (χ0v) is 21.5. The Hall–Kier alpha value is -4.29. The number of pyridine rings is 1. The molecule has 2 amide bonds. The van der Waals surface area contributed by atoms with Gasteiger partial charge in [0.1, 0.15) is 11.3 Å². The summed E-state index contributed by atoms with van der Waals surface area (Å²) in [5.74, 6) is 0.406. The normalized spacial score (nSPS) is 16.4. The minimum atomic E-state index is -0.958. The monoisotopic (exact) mass is 531 g/mol. The van der Waals surface area contributed by atoms with Gasteiger partial charge in [0.15, 0.2) is 0 Å². The van der Waals surface area contributed by atoms with Crippen molar-refractivity contribution in [2.45, 2.75) is 19.3 Å². The van der Waals surface area contributed by atoms with Crippen LogP contribution >= 0.6 is 0 Å². The van der Waals surface area contributed by atoms with Gasteiger partial charge in [-0.1, -0.05) is 23.4 Å². The van der Waals surface area contributed by atoms with Crippen LogP contribution in [0.5, 0.6) is 0 Å². The quantitative estimate of drug-likeness (QED) is 0.369. The Kier molecular flexibility index (Phi) is 6.71. The van der Waals surface area contributed by atoms with Crippen LogP contribution in [-0.2, 0) is 11.2 Å². The van der Waals surface area contributed by atoms with Crippen LogP contribution in [0, 0.1) is 6.92 Å².